The molecule has 0 aromatic heterocycles. The van der Waals surface area contributed by atoms with Crippen molar-refractivity contribution in [2.75, 3.05) is 23.4 Å². The second-order valence-electron chi connectivity index (χ2n) is 22.1. The molecule has 1 aromatic rings. The monoisotopic (exact) mass is 1040 g/mol. The molecular weight excluding hydrogens is 945 g/mol. The highest BCUT2D eigenvalue weighted by atomic mass is 32.2. The fourth-order valence-electron chi connectivity index (χ4n) is 8.79. The molecule has 2 unspecified atom stereocenters. The summed E-state index contributed by atoms with van der Waals surface area (Å²) in [4.78, 5) is 93.2. The second-order valence-corrected chi connectivity index (χ2v) is 23.2. The van der Waals surface area contributed by atoms with Gasteiger partial charge in [0.15, 0.2) is 0 Å². The van der Waals surface area contributed by atoms with E-state index in [0.29, 0.717) is 24.3 Å². The minimum absolute atomic E-state index is 0.00935. The number of nitrogens with zero attached hydrogens (tertiary/aromatic N) is 1. The number of carbonyl (C=O) groups is 7. The predicted octanol–water partition coefficient (Wildman–Crippen LogP) is 14.6. The lowest BCUT2D eigenvalue weighted by molar-refractivity contribution is -0.161. The molecule has 0 radical (unpaired) electrons. The summed E-state index contributed by atoms with van der Waals surface area (Å²) in [5.74, 6) is -3.12. The van der Waals surface area contributed by atoms with Crippen molar-refractivity contribution in [1.29, 1.82) is 0 Å². The molecule has 14 heteroatoms. The molecule has 0 spiro atoms. The van der Waals surface area contributed by atoms with Crippen molar-refractivity contribution in [3.05, 3.63) is 29.3 Å². The fourth-order valence-corrected chi connectivity index (χ4v) is 9.71. The van der Waals surface area contributed by atoms with Crippen LogP contribution in [0.15, 0.2) is 18.2 Å². The summed E-state index contributed by atoms with van der Waals surface area (Å²) in [6.45, 7) is 14.6. The van der Waals surface area contributed by atoms with Crippen molar-refractivity contribution < 1.29 is 52.5 Å². The van der Waals surface area contributed by atoms with Gasteiger partial charge in [-0.15, -0.1) is 0 Å². The molecule has 416 valence electrons. The van der Waals surface area contributed by atoms with Gasteiger partial charge in [0, 0.05) is 42.9 Å². The second kappa shape index (κ2) is 37.7. The van der Waals surface area contributed by atoms with E-state index >= 15 is 0 Å². The molecule has 1 N–H and O–H groups in total. The first-order chi connectivity index (χ1) is 34.8. The maximum absolute atomic E-state index is 13.8. The van der Waals surface area contributed by atoms with Crippen LogP contribution < -0.4 is 5.32 Å². The number of carbonyl (C=O) groups excluding carboxylic acids is 7. The third-order valence-corrected chi connectivity index (χ3v) is 13.8. The maximum Gasteiger partial charge on any atom is 0.329 e. The molecule has 0 fully saturated rings. The van der Waals surface area contributed by atoms with Crippen molar-refractivity contribution in [3.63, 3.8) is 0 Å². The van der Waals surface area contributed by atoms with Gasteiger partial charge in [-0.1, -0.05) is 168 Å². The summed E-state index contributed by atoms with van der Waals surface area (Å²) < 4.78 is 22.5. The average Bonchev–Trinajstić information content (AvgIpc) is 3.56. The molecule has 0 aliphatic carbocycles. The molecule has 0 bridgehead atoms. The summed E-state index contributed by atoms with van der Waals surface area (Å²) in [6.07, 6.45) is 31.2. The number of thioether (sulfide) groups is 1. The van der Waals surface area contributed by atoms with Crippen LogP contribution in [0.4, 0.5) is 5.69 Å². The highest BCUT2D eigenvalue weighted by Crippen LogP contribution is 2.30. The number of anilines is 1. The smallest absolute Gasteiger partial charge is 0.329 e. The van der Waals surface area contributed by atoms with Gasteiger partial charge in [0.2, 0.25) is 5.91 Å². The predicted molar refractivity (Wildman–Crippen MR) is 294 cm³/mol. The molecular formula is C59H98N2O11S. The molecule has 1 aliphatic heterocycles. The van der Waals surface area contributed by atoms with E-state index in [2.05, 4.69) is 19.2 Å². The zero-order valence-corrected chi connectivity index (χ0v) is 47.6. The number of benzene rings is 1. The first-order valence-electron chi connectivity index (χ1n) is 28.5. The standard InChI is InChI=1S/C59H98N2O11S/c1-9-11-13-15-17-19-21-23-25-27-29-31-33-35-52(63)69-44-47(70-53(64)36-34-32-30-28-26-24-22-20-18-16-14-12-10-2)45-73-42-41-51(62)60-46-37-38-48-49(43-46)56(67)61(55(48)66)50(57(68)72-59(6,7)8)39-40-54(65)71-58(3,4)5/h37-38,43,47,50H,9-36,39-42,44-45H2,1-8H3,(H,60,62). The Morgan fingerprint density at radius 2 is 1.00 bits per heavy atom. The SMILES string of the molecule is CCCCCCCCCCCCCCCC(=O)OCC(CSCCC(=O)Nc1ccc2c(c1)C(=O)N(C(CCC(=O)OC(C)(C)C)C(=O)OC(C)(C)C)C2=O)OC(=O)CCCCCCCCCCCCCCC. The number of nitrogens with one attached hydrogen (secondary N) is 1. The normalized spacial score (nSPS) is 13.4. The van der Waals surface area contributed by atoms with Gasteiger partial charge in [-0.05, 0) is 79.0 Å². The Hall–Kier alpha value is -3.94. The molecule has 73 heavy (non-hydrogen) atoms. The third kappa shape index (κ3) is 30.9. The van der Waals surface area contributed by atoms with Crippen LogP contribution in [0.2, 0.25) is 0 Å². The Labute approximate surface area is 445 Å². The van der Waals surface area contributed by atoms with Crippen LogP contribution in [0, 0.1) is 0 Å². The van der Waals surface area contributed by atoms with Crippen molar-refractivity contribution >= 4 is 59.0 Å². The summed E-state index contributed by atoms with van der Waals surface area (Å²) in [7, 11) is 0. The highest BCUT2D eigenvalue weighted by molar-refractivity contribution is 7.99. The molecule has 1 heterocycles. The minimum atomic E-state index is -1.39. The van der Waals surface area contributed by atoms with Crippen molar-refractivity contribution in [2.45, 2.75) is 278 Å². The molecule has 13 nitrogen and oxygen atoms in total. The quantitative estimate of drug-likeness (QED) is 0.0285. The molecule has 2 atom stereocenters. The Bertz CT molecular complexity index is 1790. The Kier molecular flexibility index (Phi) is 33.7. The zero-order chi connectivity index (χ0) is 53.9. The van der Waals surface area contributed by atoms with Crippen LogP contribution in [0.3, 0.4) is 0 Å². The Morgan fingerprint density at radius 3 is 1.48 bits per heavy atom. The summed E-state index contributed by atoms with van der Waals surface area (Å²) in [5.41, 5.74) is -1.34. The number of ether oxygens (including phenoxy) is 4. The molecule has 3 amide bonds. The lowest BCUT2D eigenvalue weighted by atomic mass is 10.0. The van der Waals surface area contributed by atoms with Gasteiger partial charge in [-0.25, -0.2) is 4.79 Å². The van der Waals surface area contributed by atoms with Gasteiger partial charge < -0.3 is 24.3 Å². The number of imide groups is 1. The van der Waals surface area contributed by atoms with Crippen LogP contribution in [0.5, 0.6) is 0 Å². The number of unbranched alkanes of at least 4 members (excludes halogenated alkanes) is 24. The first-order valence-corrected chi connectivity index (χ1v) is 29.7. The first kappa shape index (κ1) is 65.2. The molecule has 2 rings (SSSR count). The van der Waals surface area contributed by atoms with E-state index in [0.717, 1.165) is 43.4 Å². The van der Waals surface area contributed by atoms with Gasteiger partial charge in [-0.2, -0.15) is 11.8 Å². The topological polar surface area (TPSA) is 172 Å². The minimum Gasteiger partial charge on any atom is -0.462 e. The third-order valence-electron chi connectivity index (χ3n) is 12.7. The molecule has 0 saturated heterocycles. The molecule has 0 saturated carbocycles. The van der Waals surface area contributed by atoms with Crippen LogP contribution in [-0.4, -0.2) is 88.0 Å². The van der Waals surface area contributed by atoms with Gasteiger partial charge in [0.25, 0.3) is 11.8 Å². The fraction of sp³-hybridized carbons (Fsp3) is 0.780. The van der Waals surface area contributed by atoms with E-state index in [4.69, 9.17) is 18.9 Å². The number of esters is 4. The van der Waals surface area contributed by atoms with E-state index in [-0.39, 0.29) is 60.5 Å². The van der Waals surface area contributed by atoms with Crippen LogP contribution in [0.25, 0.3) is 0 Å². The number of rotatable bonds is 42. The van der Waals surface area contributed by atoms with E-state index in [1.807, 2.05) is 0 Å². The number of amides is 3. The molecule has 1 aliphatic rings. The van der Waals surface area contributed by atoms with Gasteiger partial charge >= 0.3 is 23.9 Å². The number of hydrogen-bond donors (Lipinski definition) is 1. The van der Waals surface area contributed by atoms with Crippen molar-refractivity contribution in [1.82, 2.24) is 4.90 Å². The van der Waals surface area contributed by atoms with Crippen LogP contribution in [0.1, 0.15) is 275 Å². The maximum atomic E-state index is 13.8. The number of hydrogen-bond acceptors (Lipinski definition) is 12. The van der Waals surface area contributed by atoms with E-state index in [1.165, 1.54) is 158 Å². The van der Waals surface area contributed by atoms with Gasteiger partial charge in [0.1, 0.15) is 30.0 Å². The average molecular weight is 1040 g/mol. The highest BCUT2D eigenvalue weighted by Gasteiger charge is 2.44. The lowest BCUT2D eigenvalue weighted by Crippen LogP contribution is -2.47. The van der Waals surface area contributed by atoms with Crippen LogP contribution >= 0.6 is 11.8 Å². The lowest BCUT2D eigenvalue weighted by Gasteiger charge is -2.28. The zero-order valence-electron chi connectivity index (χ0n) is 46.8. The van der Waals surface area contributed by atoms with E-state index in [9.17, 15) is 33.6 Å². The molecule has 1 aromatic carbocycles. The summed E-state index contributed by atoms with van der Waals surface area (Å²) >= 11 is 1.41. The van der Waals surface area contributed by atoms with Gasteiger partial charge in [0.05, 0.1) is 11.1 Å². The number of fused-ring (bicyclic) bond motifs is 1. The van der Waals surface area contributed by atoms with Gasteiger partial charge in [-0.3, -0.25) is 33.7 Å². The summed E-state index contributed by atoms with van der Waals surface area (Å²) in [5, 5.41) is 2.79. The van der Waals surface area contributed by atoms with E-state index < -0.39 is 47.1 Å². The summed E-state index contributed by atoms with van der Waals surface area (Å²) in [6, 6.07) is 2.96. The van der Waals surface area contributed by atoms with Crippen LogP contribution in [-0.2, 0) is 42.9 Å². The van der Waals surface area contributed by atoms with Crippen molar-refractivity contribution in [2.24, 2.45) is 0 Å². The van der Waals surface area contributed by atoms with E-state index in [1.54, 1.807) is 41.5 Å². The largest absolute Gasteiger partial charge is 0.462 e. The Morgan fingerprint density at radius 1 is 0.548 bits per heavy atom. The van der Waals surface area contributed by atoms with Crippen molar-refractivity contribution in [3.8, 4) is 0 Å². The Balaban J connectivity index is 1.90.